The Kier molecular flexibility index (Phi) is 2.16. The lowest BCUT2D eigenvalue weighted by Crippen LogP contribution is -2.36. The lowest BCUT2D eigenvalue weighted by Gasteiger charge is -2.33. The van der Waals surface area contributed by atoms with Gasteiger partial charge >= 0.3 is 6.09 Å². The van der Waals surface area contributed by atoms with Crippen LogP contribution in [0.5, 0.6) is 5.75 Å². The van der Waals surface area contributed by atoms with Crippen LogP contribution in [0.3, 0.4) is 0 Å². The van der Waals surface area contributed by atoms with Gasteiger partial charge in [-0.15, -0.1) is 0 Å². The molecule has 2 fully saturated rings. The van der Waals surface area contributed by atoms with Crippen LogP contribution in [0.15, 0.2) is 36.2 Å². The van der Waals surface area contributed by atoms with Gasteiger partial charge < -0.3 is 9.47 Å². The molecule has 0 unspecified atom stereocenters. The first-order chi connectivity index (χ1) is 9.30. The third-order valence-corrected chi connectivity index (χ3v) is 4.24. The zero-order valence-corrected chi connectivity index (χ0v) is 10.6. The number of rotatable bonds is 0. The molecule has 1 amide bonds. The van der Waals surface area contributed by atoms with Crippen molar-refractivity contribution in [2.45, 2.75) is 37.7 Å². The number of hydrogen-bond donors (Lipinski definition) is 0. The second-order valence-electron chi connectivity index (χ2n) is 5.35. The molecule has 1 spiro atoms. The van der Waals surface area contributed by atoms with Crippen LogP contribution in [0.2, 0.25) is 0 Å². The van der Waals surface area contributed by atoms with Crippen LogP contribution in [0.1, 0.15) is 32.1 Å². The molecular weight excluding hydrogens is 242 g/mol. The molecule has 2 aliphatic heterocycles. The number of carbonyl (C=O) groups is 1. The number of amides is 1. The van der Waals surface area contributed by atoms with Crippen molar-refractivity contribution < 1.29 is 14.3 Å². The van der Waals surface area contributed by atoms with Gasteiger partial charge in [0.05, 0.1) is 5.69 Å². The summed E-state index contributed by atoms with van der Waals surface area (Å²) in [5.74, 6) is 0.705. The van der Waals surface area contributed by atoms with E-state index in [1.165, 1.54) is 6.42 Å². The number of anilines is 1. The summed E-state index contributed by atoms with van der Waals surface area (Å²) in [7, 11) is 0. The molecule has 0 atom stereocenters. The molecule has 0 radical (unpaired) electrons. The molecule has 0 aromatic heterocycles. The maximum absolute atomic E-state index is 12.3. The number of benzene rings is 1. The summed E-state index contributed by atoms with van der Waals surface area (Å²) in [4.78, 5) is 13.9. The Labute approximate surface area is 111 Å². The summed E-state index contributed by atoms with van der Waals surface area (Å²) < 4.78 is 11.4. The van der Waals surface area contributed by atoms with Gasteiger partial charge in [0.25, 0.3) is 0 Å². The molecule has 4 nitrogen and oxygen atoms in total. The van der Waals surface area contributed by atoms with E-state index in [1.807, 2.05) is 24.3 Å². The van der Waals surface area contributed by atoms with Gasteiger partial charge in [0, 0.05) is 0 Å². The summed E-state index contributed by atoms with van der Waals surface area (Å²) in [6.45, 7) is 0. The SMILES string of the molecule is O=C1OC2(CCCCC2)C2=COc3ccccc3N12. The third-order valence-electron chi connectivity index (χ3n) is 4.24. The first-order valence-electron chi connectivity index (χ1n) is 6.80. The molecule has 1 aliphatic carbocycles. The first kappa shape index (κ1) is 10.9. The third kappa shape index (κ3) is 1.43. The van der Waals surface area contributed by atoms with Gasteiger partial charge in [0.2, 0.25) is 0 Å². The Morgan fingerprint density at radius 1 is 1.11 bits per heavy atom. The van der Waals surface area contributed by atoms with E-state index < -0.39 is 5.60 Å². The Morgan fingerprint density at radius 2 is 1.89 bits per heavy atom. The van der Waals surface area contributed by atoms with E-state index in [0.29, 0.717) is 5.75 Å². The largest absolute Gasteiger partial charge is 0.461 e. The summed E-state index contributed by atoms with van der Waals surface area (Å²) in [6.07, 6.45) is 6.62. The van der Waals surface area contributed by atoms with E-state index in [-0.39, 0.29) is 6.09 Å². The van der Waals surface area contributed by atoms with E-state index in [1.54, 1.807) is 11.2 Å². The van der Waals surface area contributed by atoms with Crippen molar-refractivity contribution in [3.05, 3.63) is 36.2 Å². The van der Waals surface area contributed by atoms with Gasteiger partial charge in [-0.1, -0.05) is 18.6 Å². The Bertz CT molecular complexity index is 573. The van der Waals surface area contributed by atoms with Crippen molar-refractivity contribution in [2.24, 2.45) is 0 Å². The highest BCUT2D eigenvalue weighted by Crippen LogP contribution is 2.49. The van der Waals surface area contributed by atoms with Gasteiger partial charge in [-0.2, -0.15) is 0 Å². The van der Waals surface area contributed by atoms with Gasteiger partial charge in [-0.3, -0.25) is 0 Å². The highest BCUT2D eigenvalue weighted by Gasteiger charge is 2.53. The topological polar surface area (TPSA) is 38.8 Å². The van der Waals surface area contributed by atoms with Crippen LogP contribution < -0.4 is 9.64 Å². The molecule has 1 aromatic carbocycles. The van der Waals surface area contributed by atoms with E-state index in [0.717, 1.165) is 37.1 Å². The number of hydrogen-bond acceptors (Lipinski definition) is 3. The second-order valence-corrected chi connectivity index (χ2v) is 5.35. The first-order valence-corrected chi connectivity index (χ1v) is 6.80. The molecule has 4 rings (SSSR count). The number of carbonyl (C=O) groups excluding carboxylic acids is 1. The monoisotopic (exact) mass is 257 g/mol. The average Bonchev–Trinajstić information content (AvgIpc) is 2.72. The predicted molar refractivity (Wildman–Crippen MR) is 69.9 cm³/mol. The van der Waals surface area contributed by atoms with Crippen LogP contribution in [0.25, 0.3) is 0 Å². The molecule has 1 saturated heterocycles. The van der Waals surface area contributed by atoms with Crippen LogP contribution in [0, 0.1) is 0 Å². The minimum Gasteiger partial charge on any atom is -0.461 e. The molecule has 3 aliphatic rings. The van der Waals surface area contributed by atoms with Crippen LogP contribution in [-0.4, -0.2) is 11.7 Å². The molecule has 0 bridgehead atoms. The smallest absolute Gasteiger partial charge is 0.420 e. The minimum absolute atomic E-state index is 0.274. The highest BCUT2D eigenvalue weighted by atomic mass is 16.6. The maximum atomic E-state index is 12.3. The maximum Gasteiger partial charge on any atom is 0.420 e. The van der Waals surface area contributed by atoms with Crippen molar-refractivity contribution in [3.8, 4) is 5.75 Å². The lowest BCUT2D eigenvalue weighted by atomic mass is 9.82. The summed E-state index contributed by atoms with van der Waals surface area (Å²) in [5.41, 5.74) is 1.20. The van der Waals surface area contributed by atoms with Crippen molar-refractivity contribution in [1.82, 2.24) is 0 Å². The lowest BCUT2D eigenvalue weighted by molar-refractivity contribution is 0.0399. The van der Waals surface area contributed by atoms with Crippen molar-refractivity contribution >= 4 is 11.8 Å². The molecule has 2 heterocycles. The average molecular weight is 257 g/mol. The number of para-hydroxylation sites is 2. The second kappa shape index (κ2) is 3.76. The fourth-order valence-corrected chi connectivity index (χ4v) is 3.30. The van der Waals surface area contributed by atoms with E-state index >= 15 is 0 Å². The van der Waals surface area contributed by atoms with E-state index in [4.69, 9.17) is 9.47 Å². The van der Waals surface area contributed by atoms with Gasteiger partial charge in [-0.25, -0.2) is 9.69 Å². The molecule has 19 heavy (non-hydrogen) atoms. The number of fused-ring (bicyclic) bond motifs is 4. The standard InChI is InChI=1S/C15H15NO3/c17-14-16-11-6-2-3-7-12(11)18-10-13(16)15(19-14)8-4-1-5-9-15/h2-3,6-7,10H,1,4-5,8-9H2. The van der Waals surface area contributed by atoms with Gasteiger partial charge in [0.15, 0.2) is 11.4 Å². The number of ether oxygens (including phenoxy) is 2. The van der Waals surface area contributed by atoms with Crippen LogP contribution in [-0.2, 0) is 4.74 Å². The predicted octanol–water partition coefficient (Wildman–Crippen LogP) is 3.58. The van der Waals surface area contributed by atoms with Crippen LogP contribution >= 0.6 is 0 Å². The summed E-state index contributed by atoms with van der Waals surface area (Å²) in [6, 6.07) is 7.56. The number of nitrogens with zero attached hydrogens (tertiary/aromatic N) is 1. The van der Waals surface area contributed by atoms with Gasteiger partial charge in [0.1, 0.15) is 12.0 Å². The molecule has 4 heteroatoms. The molecule has 1 aromatic rings. The quantitative estimate of drug-likeness (QED) is 0.713. The summed E-state index contributed by atoms with van der Waals surface area (Å²) >= 11 is 0. The highest BCUT2D eigenvalue weighted by molar-refractivity contribution is 5.97. The molecular formula is C15H15NO3. The zero-order valence-electron chi connectivity index (χ0n) is 10.6. The van der Waals surface area contributed by atoms with Crippen molar-refractivity contribution in [3.63, 3.8) is 0 Å². The molecule has 98 valence electrons. The fraction of sp³-hybridized carbons (Fsp3) is 0.400. The Hall–Kier alpha value is -1.97. The Balaban J connectivity index is 1.81. The molecule has 0 N–H and O–H groups in total. The van der Waals surface area contributed by atoms with E-state index in [9.17, 15) is 4.79 Å². The fourth-order valence-electron chi connectivity index (χ4n) is 3.30. The van der Waals surface area contributed by atoms with E-state index in [2.05, 4.69) is 0 Å². The zero-order chi connectivity index (χ0) is 12.9. The summed E-state index contributed by atoms with van der Waals surface area (Å²) in [5, 5.41) is 0. The van der Waals surface area contributed by atoms with Crippen molar-refractivity contribution in [1.29, 1.82) is 0 Å². The van der Waals surface area contributed by atoms with Gasteiger partial charge in [-0.05, 0) is 37.8 Å². The van der Waals surface area contributed by atoms with Crippen molar-refractivity contribution in [2.75, 3.05) is 4.90 Å². The molecule has 1 saturated carbocycles. The normalized spacial score (nSPS) is 23.3. The minimum atomic E-state index is -0.455. The Morgan fingerprint density at radius 3 is 2.74 bits per heavy atom. The van der Waals surface area contributed by atoms with Crippen LogP contribution in [0.4, 0.5) is 10.5 Å².